The monoisotopic (exact) mass is 488 g/mol. The van der Waals surface area contributed by atoms with Gasteiger partial charge in [0.1, 0.15) is 0 Å². The highest BCUT2D eigenvalue weighted by molar-refractivity contribution is 5.89. The lowest BCUT2D eigenvalue weighted by Gasteiger charge is -2.30. The highest BCUT2D eigenvalue weighted by Gasteiger charge is 2.35. The quantitative estimate of drug-likeness (QED) is 0.274. The Balaban J connectivity index is 3.07. The van der Waals surface area contributed by atoms with Gasteiger partial charge in [0.25, 0.3) is 0 Å². The van der Waals surface area contributed by atoms with Gasteiger partial charge in [-0.3, -0.25) is 30.0 Å². The first-order chi connectivity index (χ1) is 16.5. The van der Waals surface area contributed by atoms with Crippen LogP contribution in [0, 0.1) is 23.7 Å². The average Bonchev–Trinajstić information content (AvgIpc) is 2.79. The highest BCUT2D eigenvalue weighted by atomic mass is 16.5. The molecule has 196 valence electrons. The Morgan fingerprint density at radius 2 is 1.63 bits per heavy atom. The van der Waals surface area contributed by atoms with Gasteiger partial charge in [-0.25, -0.2) is 5.48 Å². The summed E-state index contributed by atoms with van der Waals surface area (Å²) in [6.07, 6.45) is 5.45. The normalized spacial score (nSPS) is 13.3. The standard InChI is InChI=1S/C27H44N4O4/c1-20(2)18-24(23(27(34)29-35)15-10-14-22-12-8-7-9-13-22)26(33)28-31(19-21(3)4)25(32)16-11-17-30(5)6/h7-10,12-14,20-21,23-24,35H,11,15-19H2,1-6H3,(H,28,33)(H,29,34)/b14-10+/t23-,24+/m0/s1. The number of hydrogen-bond donors (Lipinski definition) is 3. The van der Waals surface area contributed by atoms with E-state index in [2.05, 4.69) is 5.43 Å². The summed E-state index contributed by atoms with van der Waals surface area (Å²) >= 11 is 0. The van der Waals surface area contributed by atoms with Crippen molar-refractivity contribution in [2.45, 2.75) is 53.4 Å². The molecule has 0 aliphatic carbocycles. The summed E-state index contributed by atoms with van der Waals surface area (Å²) in [5, 5.41) is 10.8. The van der Waals surface area contributed by atoms with Crippen molar-refractivity contribution in [3.63, 3.8) is 0 Å². The zero-order valence-corrected chi connectivity index (χ0v) is 22.2. The maximum absolute atomic E-state index is 13.5. The summed E-state index contributed by atoms with van der Waals surface area (Å²) in [5.41, 5.74) is 5.51. The fourth-order valence-electron chi connectivity index (χ4n) is 3.89. The third-order valence-electron chi connectivity index (χ3n) is 5.58. The second kappa shape index (κ2) is 16.1. The summed E-state index contributed by atoms with van der Waals surface area (Å²) in [5.74, 6) is -2.37. The molecule has 0 saturated heterocycles. The molecule has 0 fully saturated rings. The molecule has 8 nitrogen and oxygen atoms in total. The van der Waals surface area contributed by atoms with Crippen molar-refractivity contribution in [3.05, 3.63) is 42.0 Å². The molecule has 0 heterocycles. The van der Waals surface area contributed by atoms with Crippen molar-refractivity contribution >= 4 is 23.8 Å². The van der Waals surface area contributed by atoms with E-state index in [1.807, 2.05) is 89.2 Å². The average molecular weight is 489 g/mol. The molecule has 0 radical (unpaired) electrons. The van der Waals surface area contributed by atoms with E-state index < -0.39 is 17.7 Å². The summed E-state index contributed by atoms with van der Waals surface area (Å²) in [6, 6.07) is 9.66. The van der Waals surface area contributed by atoms with Crippen LogP contribution in [0.4, 0.5) is 0 Å². The zero-order valence-electron chi connectivity index (χ0n) is 22.2. The smallest absolute Gasteiger partial charge is 0.247 e. The van der Waals surface area contributed by atoms with Crippen LogP contribution in [-0.2, 0) is 14.4 Å². The van der Waals surface area contributed by atoms with Crippen molar-refractivity contribution in [1.29, 1.82) is 0 Å². The van der Waals surface area contributed by atoms with Crippen LogP contribution in [0.25, 0.3) is 6.08 Å². The summed E-state index contributed by atoms with van der Waals surface area (Å²) < 4.78 is 0. The molecule has 3 amide bonds. The molecular weight excluding hydrogens is 444 g/mol. The van der Waals surface area contributed by atoms with E-state index in [0.29, 0.717) is 25.8 Å². The SMILES string of the molecule is CC(C)C[C@@H](C(=O)NN(CC(C)C)C(=O)CCCN(C)C)[C@H](C/C=C/c1ccccc1)C(=O)NO. The van der Waals surface area contributed by atoms with Crippen LogP contribution in [0.1, 0.15) is 58.9 Å². The number of hydroxylamine groups is 1. The largest absolute Gasteiger partial charge is 0.309 e. The van der Waals surface area contributed by atoms with Crippen LogP contribution in [-0.4, -0.2) is 60.0 Å². The Hall–Kier alpha value is -2.71. The molecule has 35 heavy (non-hydrogen) atoms. The van der Waals surface area contributed by atoms with Crippen LogP contribution in [0.5, 0.6) is 0 Å². The number of carbonyl (C=O) groups excluding carboxylic acids is 3. The van der Waals surface area contributed by atoms with Gasteiger partial charge in [-0.1, -0.05) is 70.2 Å². The van der Waals surface area contributed by atoms with Gasteiger partial charge in [-0.15, -0.1) is 0 Å². The van der Waals surface area contributed by atoms with Crippen LogP contribution < -0.4 is 10.9 Å². The molecule has 0 spiro atoms. The molecule has 1 aromatic carbocycles. The topological polar surface area (TPSA) is 102 Å². The van der Waals surface area contributed by atoms with E-state index >= 15 is 0 Å². The fraction of sp³-hybridized carbons (Fsp3) is 0.593. The molecule has 3 N–H and O–H groups in total. The van der Waals surface area contributed by atoms with E-state index in [1.165, 1.54) is 5.01 Å². The Kier molecular flexibility index (Phi) is 13.9. The third-order valence-corrected chi connectivity index (χ3v) is 5.58. The van der Waals surface area contributed by atoms with Gasteiger partial charge in [0.15, 0.2) is 0 Å². The number of benzene rings is 1. The minimum absolute atomic E-state index is 0.132. The summed E-state index contributed by atoms with van der Waals surface area (Å²) in [4.78, 5) is 41.0. The summed E-state index contributed by atoms with van der Waals surface area (Å²) in [6.45, 7) is 9.07. The molecule has 1 rings (SSSR count). The molecule has 0 aliphatic heterocycles. The Bertz CT molecular complexity index is 809. The second-order valence-corrected chi connectivity index (χ2v) is 10.1. The molecule has 8 heteroatoms. The molecular formula is C27H44N4O4. The lowest BCUT2D eigenvalue weighted by molar-refractivity contribution is -0.148. The fourth-order valence-corrected chi connectivity index (χ4v) is 3.89. The van der Waals surface area contributed by atoms with Crippen molar-refractivity contribution in [2.24, 2.45) is 23.7 Å². The van der Waals surface area contributed by atoms with Crippen molar-refractivity contribution < 1.29 is 19.6 Å². The van der Waals surface area contributed by atoms with Gasteiger partial charge in [0.2, 0.25) is 17.7 Å². The first-order valence-corrected chi connectivity index (χ1v) is 12.5. The second-order valence-electron chi connectivity index (χ2n) is 10.1. The summed E-state index contributed by atoms with van der Waals surface area (Å²) in [7, 11) is 3.90. The van der Waals surface area contributed by atoms with Gasteiger partial charge in [-0.05, 0) is 57.3 Å². The molecule has 0 saturated carbocycles. The number of hydrazine groups is 1. The van der Waals surface area contributed by atoms with Crippen LogP contribution in [0.2, 0.25) is 0 Å². The number of allylic oxidation sites excluding steroid dienone is 1. The van der Waals surface area contributed by atoms with Gasteiger partial charge >= 0.3 is 0 Å². The molecule has 0 aromatic heterocycles. The minimum atomic E-state index is -0.785. The van der Waals surface area contributed by atoms with Gasteiger partial charge in [0.05, 0.1) is 11.8 Å². The Labute approximate surface area is 210 Å². The van der Waals surface area contributed by atoms with Crippen LogP contribution in [0.3, 0.4) is 0 Å². The van der Waals surface area contributed by atoms with Crippen molar-refractivity contribution in [1.82, 2.24) is 20.8 Å². The van der Waals surface area contributed by atoms with Crippen LogP contribution in [0.15, 0.2) is 36.4 Å². The first kappa shape index (κ1) is 30.3. The molecule has 2 atom stereocenters. The van der Waals surface area contributed by atoms with Gasteiger partial charge in [-0.2, -0.15) is 0 Å². The van der Waals surface area contributed by atoms with Crippen molar-refractivity contribution in [2.75, 3.05) is 27.2 Å². The number of nitrogens with zero attached hydrogens (tertiary/aromatic N) is 2. The van der Waals surface area contributed by atoms with Crippen molar-refractivity contribution in [3.8, 4) is 0 Å². The van der Waals surface area contributed by atoms with Crippen LogP contribution >= 0.6 is 0 Å². The van der Waals surface area contributed by atoms with E-state index in [-0.39, 0.29) is 30.1 Å². The number of nitrogens with one attached hydrogen (secondary N) is 2. The molecule has 0 aliphatic rings. The minimum Gasteiger partial charge on any atom is -0.309 e. The van der Waals surface area contributed by atoms with E-state index in [0.717, 1.165) is 12.1 Å². The maximum atomic E-state index is 13.5. The van der Waals surface area contributed by atoms with E-state index in [1.54, 1.807) is 5.48 Å². The number of rotatable bonds is 14. The first-order valence-electron chi connectivity index (χ1n) is 12.5. The van der Waals surface area contributed by atoms with E-state index in [9.17, 15) is 19.6 Å². The lowest BCUT2D eigenvalue weighted by atomic mass is 9.82. The molecule has 1 aromatic rings. The number of hydrogen-bond acceptors (Lipinski definition) is 5. The predicted octanol–water partition coefficient (Wildman–Crippen LogP) is 3.73. The molecule has 0 bridgehead atoms. The highest BCUT2D eigenvalue weighted by Crippen LogP contribution is 2.26. The predicted molar refractivity (Wildman–Crippen MR) is 139 cm³/mol. The number of amides is 3. The van der Waals surface area contributed by atoms with E-state index in [4.69, 9.17) is 0 Å². The van der Waals surface area contributed by atoms with Gasteiger partial charge in [0, 0.05) is 13.0 Å². The Morgan fingerprint density at radius 3 is 2.17 bits per heavy atom. The Morgan fingerprint density at radius 1 is 0.971 bits per heavy atom. The zero-order chi connectivity index (χ0) is 26.4. The third kappa shape index (κ3) is 12.0. The number of carbonyl (C=O) groups is 3. The maximum Gasteiger partial charge on any atom is 0.247 e. The lowest BCUT2D eigenvalue weighted by Crippen LogP contribution is -2.52. The molecule has 0 unspecified atom stereocenters. The van der Waals surface area contributed by atoms with Gasteiger partial charge < -0.3 is 4.90 Å².